The van der Waals surface area contributed by atoms with Gasteiger partial charge >= 0.3 is 0 Å². The number of piperidine rings is 1. The first kappa shape index (κ1) is 16.4. The van der Waals surface area contributed by atoms with E-state index in [1.54, 1.807) is 0 Å². The third kappa shape index (κ3) is 5.40. The van der Waals surface area contributed by atoms with Crippen LogP contribution in [-0.4, -0.2) is 35.6 Å². The van der Waals surface area contributed by atoms with E-state index in [-0.39, 0.29) is 0 Å². The number of nitrogens with one attached hydrogen (secondary N) is 1. The van der Waals surface area contributed by atoms with Gasteiger partial charge in [0.2, 0.25) is 0 Å². The van der Waals surface area contributed by atoms with E-state index in [2.05, 4.69) is 55.0 Å². The van der Waals surface area contributed by atoms with E-state index < -0.39 is 0 Å². The van der Waals surface area contributed by atoms with Crippen molar-refractivity contribution in [2.75, 3.05) is 19.6 Å². The van der Waals surface area contributed by atoms with Crippen LogP contribution in [0.2, 0.25) is 0 Å². The first-order chi connectivity index (χ1) is 9.96. The van der Waals surface area contributed by atoms with Gasteiger partial charge < -0.3 is 5.32 Å². The van der Waals surface area contributed by atoms with Crippen molar-refractivity contribution in [3.63, 3.8) is 0 Å². The van der Waals surface area contributed by atoms with Crippen molar-refractivity contribution in [1.82, 2.24) is 15.2 Å². The Balaban J connectivity index is 1.73. The van der Waals surface area contributed by atoms with Gasteiger partial charge in [0, 0.05) is 37.6 Å². The summed E-state index contributed by atoms with van der Waals surface area (Å²) >= 11 is 0. The molecule has 2 heterocycles. The maximum Gasteiger partial charge on any atom is 0.0321 e. The highest BCUT2D eigenvalue weighted by atomic mass is 15.2. The van der Waals surface area contributed by atoms with Crippen molar-refractivity contribution in [3.8, 4) is 0 Å². The number of hydrogen-bond donors (Lipinski definition) is 1. The monoisotopic (exact) mass is 289 g/mol. The van der Waals surface area contributed by atoms with Gasteiger partial charge in [-0.1, -0.05) is 20.8 Å². The van der Waals surface area contributed by atoms with Crippen LogP contribution in [0.15, 0.2) is 24.5 Å². The predicted molar refractivity (Wildman–Crippen MR) is 89.3 cm³/mol. The molecule has 0 radical (unpaired) electrons. The minimum Gasteiger partial charge on any atom is -0.314 e. The summed E-state index contributed by atoms with van der Waals surface area (Å²) in [4.78, 5) is 6.70. The number of hydrogen-bond acceptors (Lipinski definition) is 3. The van der Waals surface area contributed by atoms with Crippen LogP contribution in [0.5, 0.6) is 0 Å². The molecule has 1 aliphatic rings. The molecule has 2 rings (SSSR count). The van der Waals surface area contributed by atoms with E-state index in [4.69, 9.17) is 0 Å². The molecule has 1 atom stereocenters. The molecule has 21 heavy (non-hydrogen) atoms. The second-order valence-electron chi connectivity index (χ2n) is 7.53. The van der Waals surface area contributed by atoms with Crippen LogP contribution in [0.4, 0.5) is 0 Å². The standard InChI is InChI=1S/C18H31N3/c1-15(16-5-10-19-11-6-16)21-13-7-17(8-14-21)20-12-9-18(2,3)4/h5-6,10-11,15,17,20H,7-9,12-14H2,1-4H3. The summed E-state index contributed by atoms with van der Waals surface area (Å²) in [5, 5.41) is 3.74. The summed E-state index contributed by atoms with van der Waals surface area (Å²) in [5.74, 6) is 0. The van der Waals surface area contributed by atoms with Crippen LogP contribution >= 0.6 is 0 Å². The van der Waals surface area contributed by atoms with Gasteiger partial charge in [-0.25, -0.2) is 0 Å². The summed E-state index contributed by atoms with van der Waals surface area (Å²) < 4.78 is 0. The van der Waals surface area contributed by atoms with Gasteiger partial charge in [0.1, 0.15) is 0 Å². The third-order valence-electron chi connectivity index (χ3n) is 4.57. The number of pyridine rings is 1. The van der Waals surface area contributed by atoms with Gasteiger partial charge in [-0.15, -0.1) is 0 Å². The fraction of sp³-hybridized carbons (Fsp3) is 0.722. The van der Waals surface area contributed by atoms with Crippen molar-refractivity contribution in [2.24, 2.45) is 5.41 Å². The van der Waals surface area contributed by atoms with E-state index in [1.807, 2.05) is 12.4 Å². The summed E-state index contributed by atoms with van der Waals surface area (Å²) in [5.41, 5.74) is 1.81. The van der Waals surface area contributed by atoms with Gasteiger partial charge in [-0.3, -0.25) is 9.88 Å². The Labute approximate surface area is 130 Å². The maximum atomic E-state index is 4.11. The van der Waals surface area contributed by atoms with Crippen LogP contribution in [0, 0.1) is 5.41 Å². The zero-order valence-electron chi connectivity index (χ0n) is 14.1. The van der Waals surface area contributed by atoms with Crippen molar-refractivity contribution in [1.29, 1.82) is 0 Å². The fourth-order valence-corrected chi connectivity index (χ4v) is 2.99. The zero-order chi connectivity index (χ0) is 15.3. The highest BCUT2D eigenvalue weighted by Gasteiger charge is 2.23. The smallest absolute Gasteiger partial charge is 0.0321 e. The molecule has 1 saturated heterocycles. The minimum absolute atomic E-state index is 0.434. The molecule has 1 fully saturated rings. The number of likely N-dealkylation sites (tertiary alicyclic amines) is 1. The average molecular weight is 289 g/mol. The first-order valence-corrected chi connectivity index (χ1v) is 8.33. The van der Waals surface area contributed by atoms with Gasteiger partial charge in [-0.2, -0.15) is 0 Å². The van der Waals surface area contributed by atoms with Crippen LogP contribution < -0.4 is 5.32 Å². The predicted octanol–water partition coefficient (Wildman–Crippen LogP) is 3.63. The molecule has 118 valence electrons. The highest BCUT2D eigenvalue weighted by molar-refractivity contribution is 5.14. The van der Waals surface area contributed by atoms with Crippen LogP contribution in [0.25, 0.3) is 0 Å². The second kappa shape index (κ2) is 7.37. The van der Waals surface area contributed by atoms with Gasteiger partial charge in [0.25, 0.3) is 0 Å². The molecule has 0 saturated carbocycles. The Morgan fingerprint density at radius 2 is 1.86 bits per heavy atom. The molecule has 1 aromatic heterocycles. The normalized spacial score (nSPS) is 19.6. The average Bonchev–Trinajstić information content (AvgIpc) is 2.47. The number of nitrogens with zero attached hydrogens (tertiary/aromatic N) is 2. The van der Waals surface area contributed by atoms with Gasteiger partial charge in [0.05, 0.1) is 0 Å². The maximum absolute atomic E-state index is 4.11. The van der Waals surface area contributed by atoms with Gasteiger partial charge in [0.15, 0.2) is 0 Å². The largest absolute Gasteiger partial charge is 0.314 e. The van der Waals surface area contributed by atoms with Crippen molar-refractivity contribution < 1.29 is 0 Å². The Bertz CT molecular complexity index is 402. The van der Waals surface area contributed by atoms with Crippen LogP contribution in [0.1, 0.15) is 58.6 Å². The lowest BCUT2D eigenvalue weighted by Crippen LogP contribution is -2.43. The van der Waals surface area contributed by atoms with Crippen molar-refractivity contribution in [2.45, 2.75) is 59.0 Å². The Morgan fingerprint density at radius 1 is 1.24 bits per heavy atom. The lowest BCUT2D eigenvalue weighted by atomic mass is 9.92. The molecule has 3 nitrogen and oxygen atoms in total. The zero-order valence-corrected chi connectivity index (χ0v) is 14.1. The molecule has 1 N–H and O–H groups in total. The molecular formula is C18H31N3. The molecule has 1 aliphatic heterocycles. The summed E-state index contributed by atoms with van der Waals surface area (Å²) in [6.45, 7) is 12.8. The SMILES string of the molecule is CC(c1ccncc1)N1CCC(NCCC(C)(C)C)CC1. The Hall–Kier alpha value is -0.930. The summed E-state index contributed by atoms with van der Waals surface area (Å²) in [7, 11) is 0. The number of aromatic nitrogens is 1. The summed E-state index contributed by atoms with van der Waals surface area (Å²) in [6.07, 6.45) is 7.57. The molecule has 3 heteroatoms. The summed E-state index contributed by atoms with van der Waals surface area (Å²) in [6, 6.07) is 5.48. The van der Waals surface area contributed by atoms with E-state index in [0.717, 1.165) is 6.54 Å². The molecule has 1 aromatic rings. The molecule has 0 amide bonds. The molecule has 0 aliphatic carbocycles. The van der Waals surface area contributed by atoms with E-state index >= 15 is 0 Å². The minimum atomic E-state index is 0.434. The van der Waals surface area contributed by atoms with E-state index in [9.17, 15) is 0 Å². The highest BCUT2D eigenvalue weighted by Crippen LogP contribution is 2.24. The van der Waals surface area contributed by atoms with Crippen LogP contribution in [0.3, 0.4) is 0 Å². The van der Waals surface area contributed by atoms with Crippen LogP contribution in [-0.2, 0) is 0 Å². The first-order valence-electron chi connectivity index (χ1n) is 8.33. The van der Waals surface area contributed by atoms with Crippen molar-refractivity contribution in [3.05, 3.63) is 30.1 Å². The second-order valence-corrected chi connectivity index (χ2v) is 7.53. The molecule has 0 bridgehead atoms. The molecule has 0 spiro atoms. The van der Waals surface area contributed by atoms with Gasteiger partial charge in [-0.05, 0) is 55.8 Å². The molecule has 0 aromatic carbocycles. The Kier molecular flexibility index (Phi) is 5.77. The fourth-order valence-electron chi connectivity index (χ4n) is 2.99. The van der Waals surface area contributed by atoms with E-state index in [1.165, 1.54) is 37.9 Å². The quantitative estimate of drug-likeness (QED) is 0.897. The lowest BCUT2D eigenvalue weighted by Gasteiger charge is -2.36. The lowest BCUT2D eigenvalue weighted by molar-refractivity contribution is 0.151. The topological polar surface area (TPSA) is 28.2 Å². The molecular weight excluding hydrogens is 258 g/mol. The molecule has 1 unspecified atom stereocenters. The van der Waals surface area contributed by atoms with E-state index in [0.29, 0.717) is 17.5 Å². The number of rotatable bonds is 5. The van der Waals surface area contributed by atoms with Crippen molar-refractivity contribution >= 4 is 0 Å². The Morgan fingerprint density at radius 3 is 2.43 bits per heavy atom. The third-order valence-corrected chi connectivity index (χ3v) is 4.57.